The number of nitrogens with zero attached hydrogens (tertiary/aromatic N) is 1. The summed E-state index contributed by atoms with van der Waals surface area (Å²) < 4.78 is 13.0. The van der Waals surface area contributed by atoms with Gasteiger partial charge in [0, 0.05) is 18.3 Å². The number of amides is 1. The third-order valence-electron chi connectivity index (χ3n) is 4.39. The molecule has 23 heavy (non-hydrogen) atoms. The van der Waals surface area contributed by atoms with Crippen molar-refractivity contribution in [2.24, 2.45) is 0 Å². The standard InChI is InChI=1S/C19H21FN2O/c1-13(15-7-9-17(20)10-8-15)21-14(2)19(23)22-12-11-16-5-3-4-6-18(16)22/h3-10,13-14,21H,11-12H2,1-2H3. The van der Waals surface area contributed by atoms with Gasteiger partial charge in [0.2, 0.25) is 5.91 Å². The Kier molecular flexibility index (Phi) is 4.44. The van der Waals surface area contributed by atoms with Crippen LogP contribution in [0.1, 0.15) is 31.0 Å². The highest BCUT2D eigenvalue weighted by atomic mass is 19.1. The van der Waals surface area contributed by atoms with Crippen molar-refractivity contribution in [1.29, 1.82) is 0 Å². The minimum Gasteiger partial charge on any atom is -0.310 e. The van der Waals surface area contributed by atoms with Crippen molar-refractivity contribution >= 4 is 11.6 Å². The summed E-state index contributed by atoms with van der Waals surface area (Å²) in [5, 5.41) is 3.31. The van der Waals surface area contributed by atoms with Gasteiger partial charge in [-0.2, -0.15) is 0 Å². The van der Waals surface area contributed by atoms with Crippen molar-refractivity contribution in [3.8, 4) is 0 Å². The van der Waals surface area contributed by atoms with Crippen LogP contribution in [0.2, 0.25) is 0 Å². The van der Waals surface area contributed by atoms with Gasteiger partial charge >= 0.3 is 0 Å². The van der Waals surface area contributed by atoms with Crippen LogP contribution in [0.15, 0.2) is 48.5 Å². The Bertz CT molecular complexity index is 699. The Labute approximate surface area is 136 Å². The number of benzene rings is 2. The first-order valence-electron chi connectivity index (χ1n) is 7.97. The molecule has 1 aliphatic heterocycles. The molecule has 0 fully saturated rings. The summed E-state index contributed by atoms with van der Waals surface area (Å²) in [5.41, 5.74) is 3.20. The molecule has 0 aromatic heterocycles. The van der Waals surface area contributed by atoms with Gasteiger partial charge in [0.15, 0.2) is 0 Å². The third-order valence-corrected chi connectivity index (χ3v) is 4.39. The lowest BCUT2D eigenvalue weighted by Crippen LogP contribution is -2.45. The van der Waals surface area contributed by atoms with Crippen molar-refractivity contribution in [2.45, 2.75) is 32.4 Å². The average molecular weight is 312 g/mol. The molecule has 4 heteroatoms. The number of para-hydroxylation sites is 1. The van der Waals surface area contributed by atoms with Crippen LogP contribution < -0.4 is 10.2 Å². The summed E-state index contributed by atoms with van der Waals surface area (Å²) >= 11 is 0. The molecule has 1 heterocycles. The van der Waals surface area contributed by atoms with E-state index in [1.807, 2.05) is 36.9 Å². The molecule has 0 saturated carbocycles. The number of fused-ring (bicyclic) bond motifs is 1. The molecule has 2 aromatic rings. The maximum Gasteiger partial charge on any atom is 0.243 e. The second kappa shape index (κ2) is 6.50. The highest BCUT2D eigenvalue weighted by molar-refractivity contribution is 5.98. The highest BCUT2D eigenvalue weighted by Crippen LogP contribution is 2.28. The van der Waals surface area contributed by atoms with E-state index in [9.17, 15) is 9.18 Å². The van der Waals surface area contributed by atoms with Gasteiger partial charge in [0.1, 0.15) is 5.82 Å². The van der Waals surface area contributed by atoms with E-state index in [4.69, 9.17) is 0 Å². The molecule has 0 bridgehead atoms. The van der Waals surface area contributed by atoms with E-state index < -0.39 is 0 Å². The topological polar surface area (TPSA) is 32.3 Å². The molecule has 2 atom stereocenters. The van der Waals surface area contributed by atoms with Crippen LogP contribution in [0.4, 0.5) is 10.1 Å². The smallest absolute Gasteiger partial charge is 0.243 e. The normalized spacial score (nSPS) is 16.0. The molecule has 0 radical (unpaired) electrons. The fourth-order valence-electron chi connectivity index (χ4n) is 3.09. The number of rotatable bonds is 4. The number of carbonyl (C=O) groups is 1. The molecule has 2 unspecified atom stereocenters. The van der Waals surface area contributed by atoms with Gasteiger partial charge in [-0.25, -0.2) is 4.39 Å². The van der Waals surface area contributed by atoms with Crippen LogP contribution in [0, 0.1) is 5.82 Å². The van der Waals surface area contributed by atoms with E-state index in [1.165, 1.54) is 17.7 Å². The van der Waals surface area contributed by atoms with Crippen LogP contribution in [0.3, 0.4) is 0 Å². The van der Waals surface area contributed by atoms with E-state index in [0.717, 1.165) is 24.2 Å². The molecule has 0 saturated heterocycles. The summed E-state index contributed by atoms with van der Waals surface area (Å²) in [7, 11) is 0. The van der Waals surface area contributed by atoms with Crippen LogP contribution in [-0.2, 0) is 11.2 Å². The fourth-order valence-corrected chi connectivity index (χ4v) is 3.09. The van der Waals surface area contributed by atoms with E-state index in [1.54, 1.807) is 12.1 Å². The van der Waals surface area contributed by atoms with Gasteiger partial charge in [-0.1, -0.05) is 30.3 Å². The van der Waals surface area contributed by atoms with Crippen molar-refractivity contribution in [3.05, 3.63) is 65.5 Å². The molecular weight excluding hydrogens is 291 g/mol. The minimum atomic E-state index is -0.304. The summed E-state index contributed by atoms with van der Waals surface area (Å²) in [6.45, 7) is 4.59. The van der Waals surface area contributed by atoms with E-state index in [2.05, 4.69) is 11.4 Å². The molecule has 1 aliphatic rings. The van der Waals surface area contributed by atoms with Gasteiger partial charge in [-0.3, -0.25) is 10.1 Å². The van der Waals surface area contributed by atoms with Crippen LogP contribution in [-0.4, -0.2) is 18.5 Å². The molecule has 1 amide bonds. The zero-order chi connectivity index (χ0) is 16.4. The Morgan fingerprint density at radius 3 is 2.57 bits per heavy atom. The van der Waals surface area contributed by atoms with Crippen molar-refractivity contribution < 1.29 is 9.18 Å². The predicted molar refractivity (Wildman–Crippen MR) is 89.9 cm³/mol. The average Bonchev–Trinajstić information content (AvgIpc) is 2.98. The minimum absolute atomic E-state index is 0.0209. The molecule has 3 rings (SSSR count). The Morgan fingerprint density at radius 2 is 1.83 bits per heavy atom. The maximum atomic E-state index is 13.0. The van der Waals surface area contributed by atoms with E-state index in [0.29, 0.717) is 0 Å². The first-order valence-corrected chi connectivity index (χ1v) is 7.97. The second-order valence-corrected chi connectivity index (χ2v) is 6.03. The van der Waals surface area contributed by atoms with Crippen LogP contribution >= 0.6 is 0 Å². The van der Waals surface area contributed by atoms with Crippen molar-refractivity contribution in [3.63, 3.8) is 0 Å². The van der Waals surface area contributed by atoms with Crippen molar-refractivity contribution in [1.82, 2.24) is 5.32 Å². The predicted octanol–water partition coefficient (Wildman–Crippen LogP) is 3.45. The summed E-state index contributed by atoms with van der Waals surface area (Å²) in [6, 6.07) is 14.1. The Hall–Kier alpha value is -2.20. The number of anilines is 1. The number of halogens is 1. The Balaban J connectivity index is 1.67. The van der Waals surface area contributed by atoms with Crippen LogP contribution in [0.5, 0.6) is 0 Å². The SMILES string of the molecule is CC(NC(C)c1ccc(F)cc1)C(=O)N1CCc2ccccc21. The summed E-state index contributed by atoms with van der Waals surface area (Å²) in [4.78, 5) is 14.6. The fraction of sp³-hybridized carbons (Fsp3) is 0.316. The first kappa shape index (κ1) is 15.7. The van der Waals surface area contributed by atoms with Gasteiger partial charge < -0.3 is 4.90 Å². The maximum absolute atomic E-state index is 13.0. The molecule has 2 aromatic carbocycles. The zero-order valence-electron chi connectivity index (χ0n) is 13.4. The molecule has 3 nitrogen and oxygen atoms in total. The highest BCUT2D eigenvalue weighted by Gasteiger charge is 2.28. The Morgan fingerprint density at radius 1 is 1.13 bits per heavy atom. The number of hydrogen-bond acceptors (Lipinski definition) is 2. The summed E-state index contributed by atoms with van der Waals surface area (Å²) in [5.74, 6) is -0.178. The molecular formula is C19H21FN2O. The number of nitrogens with one attached hydrogen (secondary N) is 1. The molecule has 0 spiro atoms. The second-order valence-electron chi connectivity index (χ2n) is 6.03. The van der Waals surface area contributed by atoms with Gasteiger partial charge in [-0.15, -0.1) is 0 Å². The van der Waals surface area contributed by atoms with Gasteiger partial charge in [0.05, 0.1) is 6.04 Å². The zero-order valence-corrected chi connectivity index (χ0v) is 13.4. The first-order chi connectivity index (χ1) is 11.1. The molecule has 0 aliphatic carbocycles. The van der Waals surface area contributed by atoms with E-state index >= 15 is 0 Å². The molecule has 120 valence electrons. The van der Waals surface area contributed by atoms with Crippen molar-refractivity contribution in [2.75, 3.05) is 11.4 Å². The summed E-state index contributed by atoms with van der Waals surface area (Å²) in [6.07, 6.45) is 0.905. The quantitative estimate of drug-likeness (QED) is 0.938. The number of carbonyl (C=O) groups excluding carboxylic acids is 1. The lowest BCUT2D eigenvalue weighted by molar-refractivity contribution is -0.120. The van der Waals surface area contributed by atoms with Gasteiger partial charge in [-0.05, 0) is 49.6 Å². The lowest BCUT2D eigenvalue weighted by Gasteiger charge is -2.25. The largest absolute Gasteiger partial charge is 0.310 e. The number of hydrogen-bond donors (Lipinski definition) is 1. The molecule has 1 N–H and O–H groups in total. The van der Waals surface area contributed by atoms with Crippen LogP contribution in [0.25, 0.3) is 0 Å². The monoisotopic (exact) mass is 312 g/mol. The third kappa shape index (κ3) is 3.27. The van der Waals surface area contributed by atoms with E-state index in [-0.39, 0.29) is 23.8 Å². The van der Waals surface area contributed by atoms with Gasteiger partial charge in [0.25, 0.3) is 0 Å². The lowest BCUT2D eigenvalue weighted by atomic mass is 10.1.